The molecule has 1 aromatic heterocycles. The molecular formula is C28H43N3O. The molecule has 9 atom stereocenters. The number of aromatic nitrogens is 2. The van der Waals surface area contributed by atoms with E-state index in [2.05, 4.69) is 31.9 Å². The molecular weight excluding hydrogens is 394 g/mol. The fourth-order valence-corrected chi connectivity index (χ4v) is 9.80. The molecule has 0 saturated heterocycles. The summed E-state index contributed by atoms with van der Waals surface area (Å²) in [5, 5.41) is 25.2. The molecule has 4 aliphatic carbocycles. The lowest BCUT2D eigenvalue weighted by atomic mass is 9.47. The zero-order valence-corrected chi connectivity index (χ0v) is 20.7. The molecule has 0 amide bonds. The predicted octanol–water partition coefficient (Wildman–Crippen LogP) is 6.19. The Kier molecular flexibility index (Phi) is 5.52. The molecule has 0 bridgehead atoms. The maximum atomic E-state index is 11.7. The number of nitriles is 1. The second-order valence-corrected chi connectivity index (χ2v) is 13.0. The highest BCUT2D eigenvalue weighted by atomic mass is 16.3. The molecule has 176 valence electrons. The van der Waals surface area contributed by atoms with Crippen LogP contribution in [0.15, 0.2) is 12.4 Å². The van der Waals surface area contributed by atoms with Crippen molar-refractivity contribution < 1.29 is 5.11 Å². The number of fused-ring (bicyclic) bond motifs is 5. The Hall–Kier alpha value is -1.34. The molecule has 4 aliphatic rings. The number of hydrogen-bond acceptors (Lipinski definition) is 3. The molecule has 0 spiro atoms. The van der Waals surface area contributed by atoms with E-state index in [1.165, 1.54) is 57.8 Å². The van der Waals surface area contributed by atoms with Crippen molar-refractivity contribution in [2.24, 2.45) is 46.3 Å². The summed E-state index contributed by atoms with van der Waals surface area (Å²) in [6.07, 6.45) is 17.0. The second kappa shape index (κ2) is 7.86. The van der Waals surface area contributed by atoms with Gasteiger partial charge in [0.15, 0.2) is 0 Å². The molecule has 5 rings (SSSR count). The zero-order chi connectivity index (χ0) is 22.7. The average molecular weight is 438 g/mol. The van der Waals surface area contributed by atoms with Gasteiger partial charge >= 0.3 is 0 Å². The molecule has 4 heteroatoms. The van der Waals surface area contributed by atoms with Gasteiger partial charge in [0.25, 0.3) is 0 Å². The normalized spacial score (nSPS) is 45.6. The van der Waals surface area contributed by atoms with Crippen LogP contribution in [0.3, 0.4) is 0 Å². The van der Waals surface area contributed by atoms with Gasteiger partial charge in [-0.15, -0.1) is 0 Å². The van der Waals surface area contributed by atoms with Crippen molar-refractivity contribution in [1.29, 1.82) is 5.26 Å². The third kappa shape index (κ3) is 3.54. The van der Waals surface area contributed by atoms with E-state index in [4.69, 9.17) is 5.26 Å². The van der Waals surface area contributed by atoms with E-state index >= 15 is 0 Å². The van der Waals surface area contributed by atoms with Crippen LogP contribution >= 0.6 is 0 Å². The van der Waals surface area contributed by atoms with Crippen LogP contribution < -0.4 is 0 Å². The van der Waals surface area contributed by atoms with Gasteiger partial charge in [-0.05, 0) is 105 Å². The van der Waals surface area contributed by atoms with Crippen molar-refractivity contribution in [2.75, 3.05) is 0 Å². The van der Waals surface area contributed by atoms with Crippen molar-refractivity contribution >= 4 is 0 Å². The van der Waals surface area contributed by atoms with E-state index in [0.29, 0.717) is 23.4 Å². The van der Waals surface area contributed by atoms with Crippen LogP contribution in [-0.2, 0) is 6.54 Å². The minimum Gasteiger partial charge on any atom is -0.388 e. The Morgan fingerprint density at radius 2 is 1.88 bits per heavy atom. The Labute approximate surface area is 194 Å². The fraction of sp³-hybridized carbons (Fsp3) is 0.857. The molecule has 1 aromatic rings. The van der Waals surface area contributed by atoms with Gasteiger partial charge < -0.3 is 5.11 Å². The number of hydrogen-bond donors (Lipinski definition) is 1. The topological polar surface area (TPSA) is 61.8 Å². The van der Waals surface area contributed by atoms with Crippen LogP contribution in [0.2, 0.25) is 0 Å². The predicted molar refractivity (Wildman–Crippen MR) is 127 cm³/mol. The minimum absolute atomic E-state index is 0.224. The first-order valence-corrected chi connectivity index (χ1v) is 13.3. The van der Waals surface area contributed by atoms with Crippen molar-refractivity contribution in [1.82, 2.24) is 9.78 Å². The number of rotatable bonds is 3. The van der Waals surface area contributed by atoms with Gasteiger partial charge in [0, 0.05) is 6.20 Å². The van der Waals surface area contributed by atoms with Crippen molar-refractivity contribution in [3.8, 4) is 6.07 Å². The fourth-order valence-electron chi connectivity index (χ4n) is 9.80. The molecule has 0 aliphatic heterocycles. The monoisotopic (exact) mass is 437 g/mol. The number of aliphatic hydroxyl groups is 1. The summed E-state index contributed by atoms with van der Waals surface area (Å²) in [6, 6.07) is 2.15. The second-order valence-electron chi connectivity index (χ2n) is 13.0. The van der Waals surface area contributed by atoms with E-state index in [-0.39, 0.29) is 5.41 Å². The van der Waals surface area contributed by atoms with Crippen LogP contribution in [0.25, 0.3) is 0 Å². The molecule has 4 nitrogen and oxygen atoms in total. The van der Waals surface area contributed by atoms with E-state index in [0.717, 1.165) is 36.0 Å². The SMILES string of the molecule is C[C@H]1CCC[C@@H]2C3CC[C@@]4(C)C(CC[C@@H]4[C@@](C)(O)Cn4cc(C#N)cn4)[C@@H]3CC[C@]2(C)C1. The first-order valence-electron chi connectivity index (χ1n) is 13.3. The first kappa shape index (κ1) is 22.5. The van der Waals surface area contributed by atoms with Crippen molar-refractivity contribution in [3.05, 3.63) is 18.0 Å². The summed E-state index contributed by atoms with van der Waals surface area (Å²) in [5.74, 6) is 4.64. The maximum Gasteiger partial charge on any atom is 0.102 e. The lowest BCUT2D eigenvalue weighted by Gasteiger charge is -2.58. The Morgan fingerprint density at radius 3 is 2.62 bits per heavy atom. The van der Waals surface area contributed by atoms with Gasteiger partial charge in [0.05, 0.1) is 23.9 Å². The molecule has 1 N–H and O–H groups in total. The molecule has 0 aromatic carbocycles. The Morgan fingerprint density at radius 1 is 1.12 bits per heavy atom. The van der Waals surface area contributed by atoms with Gasteiger partial charge in [-0.2, -0.15) is 10.4 Å². The molecule has 4 fully saturated rings. The summed E-state index contributed by atoms with van der Waals surface area (Å²) in [5.41, 5.74) is 0.560. The highest BCUT2D eigenvalue weighted by Gasteiger charge is 2.61. The maximum absolute atomic E-state index is 11.7. The van der Waals surface area contributed by atoms with Crippen LogP contribution in [0.4, 0.5) is 0 Å². The van der Waals surface area contributed by atoms with Gasteiger partial charge in [0.2, 0.25) is 0 Å². The van der Waals surface area contributed by atoms with Crippen LogP contribution in [-0.4, -0.2) is 20.5 Å². The average Bonchev–Trinajstić information content (AvgIpc) is 3.28. The molecule has 1 heterocycles. The summed E-state index contributed by atoms with van der Waals surface area (Å²) in [4.78, 5) is 0. The van der Waals surface area contributed by atoms with E-state index < -0.39 is 5.60 Å². The van der Waals surface area contributed by atoms with Crippen LogP contribution in [0.5, 0.6) is 0 Å². The van der Waals surface area contributed by atoms with E-state index in [9.17, 15) is 5.11 Å². The van der Waals surface area contributed by atoms with Gasteiger partial charge in [-0.1, -0.05) is 33.6 Å². The lowest BCUT2D eigenvalue weighted by molar-refractivity contribution is -0.123. The summed E-state index contributed by atoms with van der Waals surface area (Å²) < 4.78 is 1.78. The van der Waals surface area contributed by atoms with E-state index in [1.54, 1.807) is 17.1 Å². The third-order valence-electron chi connectivity index (χ3n) is 11.0. The first-order chi connectivity index (χ1) is 15.2. The molecule has 2 unspecified atom stereocenters. The zero-order valence-electron chi connectivity index (χ0n) is 20.7. The Bertz CT molecular complexity index is 883. The molecule has 32 heavy (non-hydrogen) atoms. The summed E-state index contributed by atoms with van der Waals surface area (Å²) in [7, 11) is 0. The lowest BCUT2D eigenvalue weighted by Crippen LogP contribution is -2.53. The van der Waals surface area contributed by atoms with Crippen LogP contribution in [0, 0.1) is 57.7 Å². The highest BCUT2D eigenvalue weighted by Crippen LogP contribution is 2.67. The van der Waals surface area contributed by atoms with Crippen molar-refractivity contribution in [3.63, 3.8) is 0 Å². The summed E-state index contributed by atoms with van der Waals surface area (Å²) in [6.45, 7) is 10.1. The van der Waals surface area contributed by atoms with Crippen LogP contribution in [0.1, 0.15) is 97.5 Å². The standard InChI is InChI=1S/C28H43N3O/c1-19-6-5-7-23-21-11-13-27(3)24(22(21)10-12-26(23,2)14-19)8-9-25(27)28(4,32)18-31-17-20(15-29)16-30-31/h16-17,19,21-25,32H,5-14,18H2,1-4H3/t19-,21?,22+,23+,24?,25-,26+,27-,28-/m0/s1. The third-order valence-corrected chi connectivity index (χ3v) is 11.0. The van der Waals surface area contributed by atoms with Gasteiger partial charge in [0.1, 0.15) is 6.07 Å². The van der Waals surface area contributed by atoms with Gasteiger partial charge in [-0.3, -0.25) is 4.68 Å². The van der Waals surface area contributed by atoms with Gasteiger partial charge in [-0.25, -0.2) is 0 Å². The van der Waals surface area contributed by atoms with Crippen molar-refractivity contribution in [2.45, 2.75) is 104 Å². The molecule has 4 saturated carbocycles. The quantitative estimate of drug-likeness (QED) is 0.613. The Balaban J connectivity index is 1.36. The smallest absolute Gasteiger partial charge is 0.102 e. The highest BCUT2D eigenvalue weighted by molar-refractivity contribution is 5.21. The summed E-state index contributed by atoms with van der Waals surface area (Å²) >= 11 is 0. The minimum atomic E-state index is -0.796. The number of nitrogens with zero attached hydrogens (tertiary/aromatic N) is 3. The largest absolute Gasteiger partial charge is 0.388 e. The van der Waals surface area contributed by atoms with E-state index in [1.807, 2.05) is 6.92 Å². The molecule has 0 radical (unpaired) electrons.